The highest BCUT2D eigenvalue weighted by Gasteiger charge is 2.32. The maximum Gasteiger partial charge on any atom is 0.573 e. The van der Waals surface area contributed by atoms with Gasteiger partial charge in [0.15, 0.2) is 0 Å². The summed E-state index contributed by atoms with van der Waals surface area (Å²) in [4.78, 5) is 25.2. The molecule has 8 nitrogen and oxygen atoms in total. The van der Waals surface area contributed by atoms with Crippen LogP contribution in [0, 0.1) is 10.1 Å². The van der Waals surface area contributed by atoms with Crippen molar-refractivity contribution in [3.8, 4) is 5.75 Å². The largest absolute Gasteiger partial charge is 0.573 e. The van der Waals surface area contributed by atoms with Gasteiger partial charge in [-0.3, -0.25) is 14.9 Å². The lowest BCUT2D eigenvalue weighted by Gasteiger charge is -2.28. The molecule has 1 aliphatic rings. The molecule has 1 fully saturated rings. The third kappa shape index (κ3) is 5.38. The number of carbonyl (C=O) groups is 1. The van der Waals surface area contributed by atoms with E-state index in [9.17, 15) is 28.1 Å². The number of amides is 1. The van der Waals surface area contributed by atoms with Crippen LogP contribution in [0.5, 0.6) is 5.75 Å². The van der Waals surface area contributed by atoms with Crippen molar-refractivity contribution in [2.45, 2.75) is 12.9 Å². The Morgan fingerprint density at radius 1 is 1.20 bits per heavy atom. The molecule has 0 spiro atoms. The number of rotatable bonds is 6. The zero-order valence-electron chi connectivity index (χ0n) is 15.6. The Labute approximate surface area is 169 Å². The number of para-hydroxylation sites is 1. The third-order valence-corrected chi connectivity index (χ3v) is 4.42. The number of halogens is 3. The van der Waals surface area contributed by atoms with Gasteiger partial charge in [-0.05, 0) is 18.2 Å². The number of hydrogen-bond donors (Lipinski definition) is 1. The molecular formula is C19H18F3N3O5. The Bertz CT molecular complexity index is 930. The normalized spacial score (nSPS) is 14.3. The first-order chi connectivity index (χ1) is 14.2. The van der Waals surface area contributed by atoms with Crippen LogP contribution in [0.1, 0.15) is 15.9 Å². The lowest BCUT2D eigenvalue weighted by Crippen LogP contribution is -2.36. The van der Waals surface area contributed by atoms with E-state index in [1.165, 1.54) is 30.3 Å². The van der Waals surface area contributed by atoms with Crippen molar-refractivity contribution in [1.29, 1.82) is 0 Å². The molecule has 1 amide bonds. The van der Waals surface area contributed by atoms with Crippen LogP contribution in [0.3, 0.4) is 0 Å². The molecule has 1 aliphatic heterocycles. The number of nitrogens with zero attached hydrogens (tertiary/aromatic N) is 2. The van der Waals surface area contributed by atoms with Crippen molar-refractivity contribution in [3.05, 3.63) is 63.7 Å². The van der Waals surface area contributed by atoms with Crippen LogP contribution in [0.2, 0.25) is 0 Å². The molecule has 1 N–H and O–H groups in total. The number of benzene rings is 2. The zero-order chi connectivity index (χ0) is 21.7. The summed E-state index contributed by atoms with van der Waals surface area (Å²) in [7, 11) is 0. The molecular weight excluding hydrogens is 407 g/mol. The number of nitrogens with one attached hydrogen (secondary N) is 1. The molecule has 30 heavy (non-hydrogen) atoms. The predicted octanol–water partition coefficient (Wildman–Crippen LogP) is 3.26. The summed E-state index contributed by atoms with van der Waals surface area (Å²) in [6.45, 7) is 1.62. The predicted molar refractivity (Wildman–Crippen MR) is 100 cm³/mol. The second kappa shape index (κ2) is 8.99. The summed E-state index contributed by atoms with van der Waals surface area (Å²) in [5.74, 6) is -1.09. The lowest BCUT2D eigenvalue weighted by molar-refractivity contribution is -0.384. The standard InChI is InChI=1S/C19H18F3N3O5/c20-19(21,22)30-17-4-2-1-3-14(17)12-23-18(26)13-5-6-15(16(11-13)25(27)28)24-7-9-29-10-8-24/h1-6,11H,7-10,12H2,(H,23,26). The van der Waals surface area contributed by atoms with Crippen LogP contribution in [0.4, 0.5) is 24.5 Å². The molecule has 0 atom stereocenters. The molecule has 3 rings (SSSR count). The highest BCUT2D eigenvalue weighted by molar-refractivity contribution is 5.95. The van der Waals surface area contributed by atoms with Gasteiger partial charge in [-0.1, -0.05) is 18.2 Å². The topological polar surface area (TPSA) is 93.9 Å². The van der Waals surface area contributed by atoms with Crippen molar-refractivity contribution in [3.63, 3.8) is 0 Å². The third-order valence-electron chi connectivity index (χ3n) is 4.42. The molecule has 0 saturated carbocycles. The molecule has 1 saturated heterocycles. The number of nitro benzene ring substituents is 1. The summed E-state index contributed by atoms with van der Waals surface area (Å²) in [6, 6.07) is 9.47. The summed E-state index contributed by atoms with van der Waals surface area (Å²) >= 11 is 0. The first kappa shape index (κ1) is 21.4. The average molecular weight is 425 g/mol. The fourth-order valence-corrected chi connectivity index (χ4v) is 3.03. The van der Waals surface area contributed by atoms with E-state index in [0.29, 0.717) is 32.0 Å². The Balaban J connectivity index is 1.75. The number of anilines is 1. The van der Waals surface area contributed by atoms with Crippen molar-refractivity contribution < 1.29 is 32.4 Å². The van der Waals surface area contributed by atoms with Gasteiger partial charge in [0.1, 0.15) is 11.4 Å². The van der Waals surface area contributed by atoms with E-state index < -0.39 is 22.9 Å². The molecule has 0 radical (unpaired) electrons. The van der Waals surface area contributed by atoms with Crippen LogP contribution in [0.25, 0.3) is 0 Å². The molecule has 160 valence electrons. The Hall–Kier alpha value is -3.34. The number of hydrogen-bond acceptors (Lipinski definition) is 6. The van der Waals surface area contributed by atoms with Crippen molar-refractivity contribution >= 4 is 17.3 Å². The summed E-state index contributed by atoms with van der Waals surface area (Å²) in [6.07, 6.45) is -4.87. The van der Waals surface area contributed by atoms with Crippen LogP contribution in [0.15, 0.2) is 42.5 Å². The van der Waals surface area contributed by atoms with E-state index in [1.54, 1.807) is 4.90 Å². The average Bonchev–Trinajstić information content (AvgIpc) is 2.72. The van der Waals surface area contributed by atoms with E-state index >= 15 is 0 Å². The van der Waals surface area contributed by atoms with Crippen LogP contribution in [-0.4, -0.2) is 43.5 Å². The maximum atomic E-state index is 12.5. The molecule has 11 heteroatoms. The van der Waals surface area contributed by atoms with Crippen LogP contribution < -0.4 is 15.0 Å². The summed E-state index contributed by atoms with van der Waals surface area (Å²) in [5, 5.41) is 14.0. The lowest BCUT2D eigenvalue weighted by atomic mass is 10.1. The molecule has 0 unspecified atom stereocenters. The molecule has 0 aromatic heterocycles. The number of ether oxygens (including phenoxy) is 2. The summed E-state index contributed by atoms with van der Waals surface area (Å²) in [5.41, 5.74) is 0.282. The quantitative estimate of drug-likeness (QED) is 0.564. The van der Waals surface area contributed by atoms with Gasteiger partial charge < -0.3 is 19.7 Å². The molecule has 0 bridgehead atoms. The number of carbonyl (C=O) groups excluding carboxylic acids is 1. The van der Waals surface area contributed by atoms with Gasteiger partial charge in [-0.2, -0.15) is 0 Å². The van der Waals surface area contributed by atoms with E-state index in [-0.39, 0.29) is 23.4 Å². The number of nitro groups is 1. The van der Waals surface area contributed by atoms with E-state index in [2.05, 4.69) is 10.1 Å². The van der Waals surface area contributed by atoms with Crippen molar-refractivity contribution in [2.24, 2.45) is 0 Å². The SMILES string of the molecule is O=C(NCc1ccccc1OC(F)(F)F)c1ccc(N2CCOCC2)c([N+](=O)[O-])c1. The Kier molecular flexibility index (Phi) is 6.40. The van der Waals surface area contributed by atoms with Gasteiger partial charge in [0.25, 0.3) is 11.6 Å². The molecule has 2 aromatic rings. The van der Waals surface area contributed by atoms with Gasteiger partial charge in [0.2, 0.25) is 0 Å². The first-order valence-corrected chi connectivity index (χ1v) is 8.97. The van der Waals surface area contributed by atoms with E-state index in [4.69, 9.17) is 4.74 Å². The Morgan fingerprint density at radius 3 is 2.57 bits per heavy atom. The minimum atomic E-state index is -4.87. The van der Waals surface area contributed by atoms with Crippen LogP contribution >= 0.6 is 0 Å². The van der Waals surface area contributed by atoms with Gasteiger partial charge in [-0.15, -0.1) is 13.2 Å². The minimum absolute atomic E-state index is 0.0212. The second-order valence-corrected chi connectivity index (χ2v) is 6.40. The molecule has 0 aliphatic carbocycles. The van der Waals surface area contributed by atoms with E-state index in [1.807, 2.05) is 0 Å². The van der Waals surface area contributed by atoms with Gasteiger partial charge >= 0.3 is 6.36 Å². The number of alkyl halides is 3. The smallest absolute Gasteiger partial charge is 0.405 e. The Morgan fingerprint density at radius 2 is 1.90 bits per heavy atom. The molecule has 1 heterocycles. The van der Waals surface area contributed by atoms with Gasteiger partial charge in [0, 0.05) is 36.8 Å². The highest BCUT2D eigenvalue weighted by Crippen LogP contribution is 2.30. The zero-order valence-corrected chi connectivity index (χ0v) is 15.6. The van der Waals surface area contributed by atoms with Crippen molar-refractivity contribution in [2.75, 3.05) is 31.2 Å². The monoisotopic (exact) mass is 425 g/mol. The van der Waals surface area contributed by atoms with E-state index in [0.717, 1.165) is 12.1 Å². The maximum absolute atomic E-state index is 12.5. The van der Waals surface area contributed by atoms with Gasteiger partial charge in [-0.25, -0.2) is 0 Å². The first-order valence-electron chi connectivity index (χ1n) is 8.97. The van der Waals surface area contributed by atoms with Gasteiger partial charge in [0.05, 0.1) is 18.1 Å². The highest BCUT2D eigenvalue weighted by atomic mass is 19.4. The van der Waals surface area contributed by atoms with Crippen molar-refractivity contribution in [1.82, 2.24) is 5.32 Å². The molecule has 2 aromatic carbocycles. The fourth-order valence-electron chi connectivity index (χ4n) is 3.03. The van der Waals surface area contributed by atoms with Crippen LogP contribution in [-0.2, 0) is 11.3 Å². The second-order valence-electron chi connectivity index (χ2n) is 6.40. The summed E-state index contributed by atoms with van der Waals surface area (Å²) < 4.78 is 46.7. The minimum Gasteiger partial charge on any atom is -0.405 e. The number of morpholine rings is 1. The fraction of sp³-hybridized carbons (Fsp3) is 0.316.